The fourth-order valence-corrected chi connectivity index (χ4v) is 3.82. The van der Waals surface area contributed by atoms with E-state index < -0.39 is 6.10 Å². The van der Waals surface area contributed by atoms with Crippen LogP contribution in [-0.4, -0.2) is 52.2 Å². The molecule has 2 aliphatic rings. The van der Waals surface area contributed by atoms with Crippen molar-refractivity contribution in [2.75, 3.05) is 20.6 Å². The Labute approximate surface area is 154 Å². The minimum atomic E-state index is -0.405. The molecule has 0 spiro atoms. The van der Waals surface area contributed by atoms with E-state index in [1.165, 1.54) is 16.7 Å². The van der Waals surface area contributed by atoms with Crippen LogP contribution in [0.2, 0.25) is 0 Å². The summed E-state index contributed by atoms with van der Waals surface area (Å²) in [6.45, 7) is 7.04. The molecule has 0 bridgehead atoms. The SMILES string of the molecule is Cc1cc2c(cc1C)OC(C(=O)N1CCn3ncc(CN(C)C)c3C1)C2. The fourth-order valence-electron chi connectivity index (χ4n) is 3.82. The molecule has 2 aliphatic heterocycles. The smallest absolute Gasteiger partial charge is 0.264 e. The van der Waals surface area contributed by atoms with Gasteiger partial charge in [0.1, 0.15) is 5.75 Å². The normalized spacial score (nSPS) is 18.7. The predicted molar refractivity (Wildman–Crippen MR) is 99.1 cm³/mol. The molecule has 1 atom stereocenters. The number of aryl methyl sites for hydroxylation is 2. The molecule has 3 heterocycles. The highest BCUT2D eigenvalue weighted by molar-refractivity contribution is 5.82. The lowest BCUT2D eigenvalue weighted by Gasteiger charge is -2.30. The van der Waals surface area contributed by atoms with Gasteiger partial charge in [-0.1, -0.05) is 6.07 Å². The van der Waals surface area contributed by atoms with E-state index in [9.17, 15) is 4.79 Å². The largest absolute Gasteiger partial charge is 0.480 e. The number of carbonyl (C=O) groups is 1. The van der Waals surface area contributed by atoms with Crippen molar-refractivity contribution < 1.29 is 9.53 Å². The summed E-state index contributed by atoms with van der Waals surface area (Å²) in [7, 11) is 4.09. The molecule has 1 aromatic carbocycles. The first-order valence-electron chi connectivity index (χ1n) is 9.16. The Bertz CT molecular complexity index is 825. The minimum absolute atomic E-state index is 0.0831. The lowest BCUT2D eigenvalue weighted by Crippen LogP contribution is -2.45. The maximum absolute atomic E-state index is 13.1. The molecule has 4 rings (SSSR count). The highest BCUT2D eigenvalue weighted by Gasteiger charge is 2.34. The van der Waals surface area contributed by atoms with Crippen LogP contribution >= 0.6 is 0 Å². The number of ether oxygens (including phenoxy) is 1. The number of fused-ring (bicyclic) bond motifs is 2. The Morgan fingerprint density at radius 3 is 2.81 bits per heavy atom. The van der Waals surface area contributed by atoms with Crippen LogP contribution in [0.4, 0.5) is 0 Å². The number of hydrogen-bond acceptors (Lipinski definition) is 4. The third-order valence-electron chi connectivity index (χ3n) is 5.38. The average molecular weight is 354 g/mol. The number of benzene rings is 1. The van der Waals surface area contributed by atoms with Gasteiger partial charge in [0, 0.05) is 25.1 Å². The Morgan fingerprint density at radius 2 is 2.04 bits per heavy atom. The number of amides is 1. The molecule has 0 saturated heterocycles. The van der Waals surface area contributed by atoms with Crippen molar-refractivity contribution in [2.24, 2.45) is 0 Å². The zero-order valence-corrected chi connectivity index (χ0v) is 16.0. The van der Waals surface area contributed by atoms with Gasteiger partial charge in [-0.3, -0.25) is 9.48 Å². The zero-order valence-electron chi connectivity index (χ0n) is 16.0. The van der Waals surface area contributed by atoms with Gasteiger partial charge in [0.25, 0.3) is 5.91 Å². The molecule has 0 aliphatic carbocycles. The van der Waals surface area contributed by atoms with Crippen LogP contribution in [0.5, 0.6) is 5.75 Å². The van der Waals surface area contributed by atoms with Crippen LogP contribution in [0.1, 0.15) is 27.9 Å². The molecule has 1 aromatic heterocycles. The van der Waals surface area contributed by atoms with Gasteiger partial charge in [-0.25, -0.2) is 0 Å². The second kappa shape index (κ2) is 6.43. The summed E-state index contributed by atoms with van der Waals surface area (Å²) in [6.07, 6.45) is 2.19. The standard InChI is InChI=1S/C20H26N4O2/c1-13-7-15-9-19(26-18(15)8-14(13)2)20(25)23-5-6-24-17(12-23)16(10-21-24)11-22(3)4/h7-8,10,19H,5-6,9,11-12H2,1-4H3. The van der Waals surface area contributed by atoms with E-state index in [1.807, 2.05) is 29.9 Å². The Kier molecular flexibility index (Phi) is 4.23. The average Bonchev–Trinajstić information content (AvgIpc) is 3.18. The highest BCUT2D eigenvalue weighted by Crippen LogP contribution is 2.32. The Morgan fingerprint density at radius 1 is 1.27 bits per heavy atom. The number of nitrogens with zero attached hydrogens (tertiary/aromatic N) is 4. The first-order valence-corrected chi connectivity index (χ1v) is 9.16. The molecule has 0 saturated carbocycles. The van der Waals surface area contributed by atoms with Crippen LogP contribution in [0.15, 0.2) is 18.3 Å². The first-order chi connectivity index (χ1) is 12.4. The molecule has 2 aromatic rings. The van der Waals surface area contributed by atoms with Gasteiger partial charge in [0.15, 0.2) is 6.10 Å². The van der Waals surface area contributed by atoms with Gasteiger partial charge in [-0.15, -0.1) is 0 Å². The van der Waals surface area contributed by atoms with Crippen molar-refractivity contribution in [1.29, 1.82) is 0 Å². The molecular formula is C20H26N4O2. The summed E-state index contributed by atoms with van der Waals surface area (Å²) in [5.41, 5.74) is 5.92. The Hall–Kier alpha value is -2.34. The van der Waals surface area contributed by atoms with E-state index >= 15 is 0 Å². The third-order valence-corrected chi connectivity index (χ3v) is 5.38. The van der Waals surface area contributed by atoms with E-state index in [-0.39, 0.29) is 5.91 Å². The molecule has 26 heavy (non-hydrogen) atoms. The number of aromatic nitrogens is 2. The summed E-state index contributed by atoms with van der Waals surface area (Å²) < 4.78 is 8.03. The van der Waals surface area contributed by atoms with Gasteiger partial charge >= 0.3 is 0 Å². The van der Waals surface area contributed by atoms with Crippen molar-refractivity contribution >= 4 is 5.91 Å². The third kappa shape index (κ3) is 2.98. The summed E-state index contributed by atoms with van der Waals surface area (Å²) >= 11 is 0. The monoisotopic (exact) mass is 354 g/mol. The summed E-state index contributed by atoms with van der Waals surface area (Å²) in [6, 6.07) is 4.21. The maximum atomic E-state index is 13.1. The van der Waals surface area contributed by atoms with Crippen molar-refractivity contribution in [2.45, 2.75) is 46.0 Å². The summed E-state index contributed by atoms with van der Waals surface area (Å²) in [5, 5.41) is 4.47. The maximum Gasteiger partial charge on any atom is 0.264 e. The topological polar surface area (TPSA) is 50.6 Å². The van der Waals surface area contributed by atoms with Gasteiger partial charge in [0.05, 0.1) is 25.0 Å². The number of carbonyl (C=O) groups excluding carboxylic acids is 1. The summed E-state index contributed by atoms with van der Waals surface area (Å²) in [4.78, 5) is 17.1. The fraction of sp³-hybridized carbons (Fsp3) is 0.500. The molecule has 1 unspecified atom stereocenters. The van der Waals surface area contributed by atoms with E-state index in [1.54, 1.807) is 0 Å². The second-order valence-corrected chi connectivity index (χ2v) is 7.69. The molecule has 138 valence electrons. The van der Waals surface area contributed by atoms with Gasteiger partial charge in [-0.05, 0) is 50.7 Å². The highest BCUT2D eigenvalue weighted by atomic mass is 16.5. The van der Waals surface area contributed by atoms with E-state index in [0.29, 0.717) is 19.5 Å². The van der Waals surface area contributed by atoms with Gasteiger partial charge in [-0.2, -0.15) is 5.10 Å². The van der Waals surface area contributed by atoms with E-state index in [2.05, 4.69) is 36.0 Å². The molecule has 1 amide bonds. The van der Waals surface area contributed by atoms with Crippen molar-refractivity contribution in [1.82, 2.24) is 19.6 Å². The van der Waals surface area contributed by atoms with Crippen LogP contribution in [-0.2, 0) is 30.8 Å². The Balaban J connectivity index is 1.49. The van der Waals surface area contributed by atoms with Crippen LogP contribution < -0.4 is 4.74 Å². The number of rotatable bonds is 3. The molecule has 0 N–H and O–H groups in total. The quantitative estimate of drug-likeness (QED) is 0.845. The molecule has 0 fully saturated rings. The molecule has 6 heteroatoms. The second-order valence-electron chi connectivity index (χ2n) is 7.69. The first kappa shape index (κ1) is 17.1. The molecular weight excluding hydrogens is 328 g/mol. The van der Waals surface area contributed by atoms with Gasteiger partial charge in [0.2, 0.25) is 0 Å². The predicted octanol–water partition coefficient (Wildman–Crippen LogP) is 1.91. The van der Waals surface area contributed by atoms with Crippen molar-refractivity contribution in [3.63, 3.8) is 0 Å². The van der Waals surface area contributed by atoms with E-state index in [0.717, 1.165) is 30.1 Å². The molecule has 0 radical (unpaired) electrons. The number of hydrogen-bond donors (Lipinski definition) is 0. The van der Waals surface area contributed by atoms with Crippen molar-refractivity contribution in [3.05, 3.63) is 46.3 Å². The lowest BCUT2D eigenvalue weighted by atomic mass is 10.0. The van der Waals surface area contributed by atoms with Gasteiger partial charge < -0.3 is 14.5 Å². The minimum Gasteiger partial charge on any atom is -0.480 e. The van der Waals surface area contributed by atoms with Crippen molar-refractivity contribution in [3.8, 4) is 5.75 Å². The summed E-state index contributed by atoms with van der Waals surface area (Å²) in [5.74, 6) is 0.946. The molecule has 6 nitrogen and oxygen atoms in total. The van der Waals surface area contributed by atoms with Crippen LogP contribution in [0.3, 0.4) is 0 Å². The van der Waals surface area contributed by atoms with Crippen LogP contribution in [0.25, 0.3) is 0 Å². The lowest BCUT2D eigenvalue weighted by molar-refractivity contribution is -0.139. The van der Waals surface area contributed by atoms with E-state index in [4.69, 9.17) is 4.74 Å². The van der Waals surface area contributed by atoms with Crippen LogP contribution in [0, 0.1) is 13.8 Å². The zero-order chi connectivity index (χ0) is 18.4.